The van der Waals surface area contributed by atoms with Gasteiger partial charge in [-0.1, -0.05) is 94.9 Å². The number of hydrogen-bond donors (Lipinski definition) is 0. The summed E-state index contributed by atoms with van der Waals surface area (Å²) < 4.78 is 4.56. The van der Waals surface area contributed by atoms with Gasteiger partial charge in [0.2, 0.25) is 11.0 Å². The first kappa shape index (κ1) is 27.9. The summed E-state index contributed by atoms with van der Waals surface area (Å²) in [6.07, 6.45) is 16.8. The molecule has 7 heteroatoms. The Morgan fingerprint density at radius 1 is 0.886 bits per heavy atom. The Morgan fingerprint density at radius 3 is 2.23 bits per heavy atom. The molecule has 2 heterocycles. The van der Waals surface area contributed by atoms with Crippen molar-refractivity contribution >= 4 is 34.2 Å². The van der Waals surface area contributed by atoms with E-state index < -0.39 is 0 Å². The highest BCUT2D eigenvalue weighted by atomic mass is 35.5. The molecule has 1 aromatic heterocycles. The molecule has 1 saturated heterocycles. The predicted octanol–water partition coefficient (Wildman–Crippen LogP) is 7.52. The van der Waals surface area contributed by atoms with Gasteiger partial charge in [0, 0.05) is 55.6 Å². The van der Waals surface area contributed by atoms with Crippen LogP contribution in [0.25, 0.3) is 0 Å². The molecule has 1 amide bonds. The summed E-state index contributed by atoms with van der Waals surface area (Å²) in [5.41, 5.74) is 1.16. The molecule has 2 aromatic rings. The third-order valence-corrected chi connectivity index (χ3v) is 7.91. The molecule has 0 unspecified atom stereocenters. The smallest absolute Gasteiger partial charge is 0.222 e. The maximum Gasteiger partial charge on any atom is 0.222 e. The topological polar surface area (TPSA) is 49.3 Å². The van der Waals surface area contributed by atoms with Crippen molar-refractivity contribution in [2.75, 3.05) is 31.1 Å². The minimum atomic E-state index is 0.323. The lowest BCUT2D eigenvalue weighted by Crippen LogP contribution is -2.35. The van der Waals surface area contributed by atoms with E-state index >= 15 is 0 Å². The van der Waals surface area contributed by atoms with Crippen molar-refractivity contribution in [2.24, 2.45) is 0 Å². The molecular weight excluding hydrogens is 476 g/mol. The summed E-state index contributed by atoms with van der Waals surface area (Å²) in [5.74, 6) is 1.17. The number of benzene rings is 1. The van der Waals surface area contributed by atoms with Crippen LogP contribution in [-0.2, 0) is 11.2 Å². The first-order valence-corrected chi connectivity index (χ1v) is 14.9. The number of rotatable bonds is 15. The molecule has 194 valence electrons. The molecule has 0 spiro atoms. The Morgan fingerprint density at radius 2 is 1.54 bits per heavy atom. The van der Waals surface area contributed by atoms with Crippen molar-refractivity contribution in [3.63, 3.8) is 0 Å². The molecule has 0 aliphatic carbocycles. The van der Waals surface area contributed by atoms with E-state index in [-0.39, 0.29) is 0 Å². The lowest BCUT2D eigenvalue weighted by atomic mass is 10.1. The summed E-state index contributed by atoms with van der Waals surface area (Å²) in [4.78, 5) is 21.9. The van der Waals surface area contributed by atoms with Gasteiger partial charge >= 0.3 is 0 Å². The van der Waals surface area contributed by atoms with E-state index in [0.29, 0.717) is 18.7 Å². The standard InChI is InChI=1S/C28H43ClN4OS/c1-2-3-4-5-6-7-8-9-10-11-12-14-27(34)32-19-13-20-33(22-21-32)28-30-26(31-35-28)23-24-15-17-25(29)18-16-24/h15-18H,2-14,19-23H2,1H3. The van der Waals surface area contributed by atoms with Crippen LogP contribution >= 0.6 is 23.1 Å². The molecule has 5 nitrogen and oxygen atoms in total. The monoisotopic (exact) mass is 518 g/mol. The van der Waals surface area contributed by atoms with Crippen LogP contribution in [0.1, 0.15) is 102 Å². The zero-order valence-corrected chi connectivity index (χ0v) is 23.1. The van der Waals surface area contributed by atoms with Gasteiger partial charge in [-0.25, -0.2) is 4.98 Å². The van der Waals surface area contributed by atoms with Crippen LogP contribution in [0.4, 0.5) is 5.13 Å². The number of carbonyl (C=O) groups is 1. The second kappa shape index (κ2) is 16.2. The summed E-state index contributed by atoms with van der Waals surface area (Å²) in [6, 6.07) is 7.85. The Bertz CT molecular complexity index is 857. The molecule has 0 saturated carbocycles. The molecule has 1 aliphatic rings. The molecule has 1 aliphatic heterocycles. The number of halogens is 1. The number of anilines is 1. The third-order valence-electron chi connectivity index (χ3n) is 6.85. The van der Waals surface area contributed by atoms with Gasteiger partial charge in [-0.2, -0.15) is 4.37 Å². The first-order chi connectivity index (χ1) is 17.2. The van der Waals surface area contributed by atoms with Crippen LogP contribution in [0.3, 0.4) is 0 Å². The van der Waals surface area contributed by atoms with Crippen molar-refractivity contribution in [1.82, 2.24) is 14.3 Å². The highest BCUT2D eigenvalue weighted by Gasteiger charge is 2.21. The minimum absolute atomic E-state index is 0.323. The normalized spacial score (nSPS) is 14.3. The van der Waals surface area contributed by atoms with E-state index in [1.807, 2.05) is 24.3 Å². The van der Waals surface area contributed by atoms with Gasteiger partial charge in [-0.05, 0) is 30.5 Å². The zero-order chi connectivity index (χ0) is 24.7. The molecule has 1 fully saturated rings. The van der Waals surface area contributed by atoms with Crippen LogP contribution in [-0.4, -0.2) is 46.3 Å². The third kappa shape index (κ3) is 10.5. The van der Waals surface area contributed by atoms with E-state index in [2.05, 4.69) is 21.1 Å². The predicted molar refractivity (Wildman–Crippen MR) is 149 cm³/mol. The van der Waals surface area contributed by atoms with Gasteiger partial charge in [0.1, 0.15) is 5.82 Å². The SMILES string of the molecule is CCCCCCCCCCCCCC(=O)N1CCCN(c2nc(Cc3ccc(Cl)cc3)ns2)CC1. The number of unbranched alkanes of at least 4 members (excludes halogenated alkanes) is 10. The van der Waals surface area contributed by atoms with Crippen LogP contribution in [0.2, 0.25) is 5.02 Å². The fourth-order valence-corrected chi connectivity index (χ4v) is 5.55. The molecule has 1 aromatic carbocycles. The van der Waals surface area contributed by atoms with Crippen molar-refractivity contribution < 1.29 is 4.79 Å². The highest BCUT2D eigenvalue weighted by molar-refractivity contribution is 7.09. The van der Waals surface area contributed by atoms with E-state index in [9.17, 15) is 4.79 Å². The van der Waals surface area contributed by atoms with E-state index in [1.165, 1.54) is 75.7 Å². The lowest BCUT2D eigenvalue weighted by molar-refractivity contribution is -0.131. The maximum absolute atomic E-state index is 12.8. The van der Waals surface area contributed by atoms with Crippen LogP contribution in [0, 0.1) is 0 Å². The van der Waals surface area contributed by atoms with Crippen molar-refractivity contribution in [3.05, 3.63) is 40.7 Å². The number of amides is 1. The number of nitrogens with zero attached hydrogens (tertiary/aromatic N) is 4. The summed E-state index contributed by atoms with van der Waals surface area (Å²) >= 11 is 7.44. The van der Waals surface area contributed by atoms with Gasteiger partial charge in [-0.15, -0.1) is 0 Å². The van der Waals surface area contributed by atoms with E-state index in [0.717, 1.165) is 60.6 Å². The van der Waals surface area contributed by atoms with E-state index in [4.69, 9.17) is 16.6 Å². The molecule has 0 atom stereocenters. The fourth-order valence-electron chi connectivity index (χ4n) is 4.69. The minimum Gasteiger partial charge on any atom is -0.345 e. The van der Waals surface area contributed by atoms with Gasteiger partial charge in [-0.3, -0.25) is 4.79 Å². The molecule has 0 N–H and O–H groups in total. The van der Waals surface area contributed by atoms with Crippen molar-refractivity contribution in [1.29, 1.82) is 0 Å². The average molecular weight is 519 g/mol. The summed E-state index contributed by atoms with van der Waals surface area (Å²) in [7, 11) is 0. The van der Waals surface area contributed by atoms with E-state index in [1.54, 1.807) is 0 Å². The molecular formula is C28H43ClN4OS. The quantitative estimate of drug-likeness (QED) is 0.229. The zero-order valence-electron chi connectivity index (χ0n) is 21.5. The molecule has 0 bridgehead atoms. The number of aromatic nitrogens is 2. The lowest BCUT2D eigenvalue weighted by Gasteiger charge is -2.21. The van der Waals surface area contributed by atoms with Gasteiger partial charge in [0.25, 0.3) is 0 Å². The summed E-state index contributed by atoms with van der Waals surface area (Å²) in [5, 5.41) is 1.71. The Kier molecular flexibility index (Phi) is 12.9. The Balaban J connectivity index is 1.29. The van der Waals surface area contributed by atoms with Crippen LogP contribution in [0.15, 0.2) is 24.3 Å². The van der Waals surface area contributed by atoms with Crippen LogP contribution < -0.4 is 4.90 Å². The largest absolute Gasteiger partial charge is 0.345 e. The molecule has 35 heavy (non-hydrogen) atoms. The first-order valence-electron chi connectivity index (χ1n) is 13.8. The second-order valence-corrected chi connectivity index (χ2v) is 11.0. The highest BCUT2D eigenvalue weighted by Crippen LogP contribution is 2.21. The maximum atomic E-state index is 12.8. The second-order valence-electron chi connectivity index (χ2n) is 9.80. The fraction of sp³-hybridized carbons (Fsp3) is 0.679. The average Bonchev–Trinajstić information content (AvgIpc) is 3.18. The molecule has 3 rings (SSSR count). The van der Waals surface area contributed by atoms with Crippen molar-refractivity contribution in [3.8, 4) is 0 Å². The number of carbonyl (C=O) groups excluding carboxylic acids is 1. The van der Waals surface area contributed by atoms with Crippen LogP contribution in [0.5, 0.6) is 0 Å². The number of hydrogen-bond acceptors (Lipinski definition) is 5. The van der Waals surface area contributed by atoms with Gasteiger partial charge in [0.15, 0.2) is 0 Å². The molecule has 0 radical (unpaired) electrons. The Hall–Kier alpha value is -1.66. The van der Waals surface area contributed by atoms with Crippen molar-refractivity contribution in [2.45, 2.75) is 96.8 Å². The van der Waals surface area contributed by atoms with Gasteiger partial charge in [0.05, 0.1) is 0 Å². The van der Waals surface area contributed by atoms with Gasteiger partial charge < -0.3 is 9.80 Å². The summed E-state index contributed by atoms with van der Waals surface area (Å²) in [6.45, 7) is 5.66. The Labute approximate surface area is 221 Å².